The standard InChI is InChI=1S/C21H22N4O5S2/c1-24-19(21(28)30-23-24)31-12-16(26)22-18-17(20(27)29-2)14-8-9-25(11-15(14)32-18)10-13-6-4-3-5-7-13/h3-7H,8-12H2,1-2H3,(H-,22,23,26,27,28). The van der Waals surface area contributed by atoms with Crippen molar-refractivity contribution in [3.05, 3.63) is 51.9 Å². The van der Waals surface area contributed by atoms with E-state index in [4.69, 9.17) is 4.74 Å². The number of ether oxygens (including phenoxy) is 1. The van der Waals surface area contributed by atoms with Gasteiger partial charge in [-0.25, -0.2) is 4.79 Å². The SMILES string of the molecule is COC(=O)c1c(NC(=O)CSc2c([O-])on[n+]2C)sc2c1CCN(Cc1ccccc1)C2. The highest BCUT2D eigenvalue weighted by Gasteiger charge is 2.29. The Balaban J connectivity index is 1.48. The molecule has 1 aliphatic rings. The molecule has 1 N–H and O–H groups in total. The molecular weight excluding hydrogens is 452 g/mol. The Bertz CT molecular complexity index is 1110. The Morgan fingerprint density at radius 3 is 2.84 bits per heavy atom. The van der Waals surface area contributed by atoms with E-state index in [0.29, 0.717) is 23.5 Å². The molecule has 1 amide bonds. The molecule has 0 bridgehead atoms. The minimum absolute atomic E-state index is 0.0202. The number of carbonyl (C=O) groups excluding carboxylic acids is 2. The van der Waals surface area contributed by atoms with Crippen molar-refractivity contribution in [2.45, 2.75) is 24.5 Å². The maximum absolute atomic E-state index is 12.6. The fourth-order valence-corrected chi connectivity index (χ4v) is 5.60. The number of fused-ring (bicyclic) bond motifs is 1. The van der Waals surface area contributed by atoms with Crippen LogP contribution in [0.1, 0.15) is 26.4 Å². The zero-order valence-electron chi connectivity index (χ0n) is 17.6. The predicted octanol–water partition coefficient (Wildman–Crippen LogP) is 1.71. The van der Waals surface area contributed by atoms with Gasteiger partial charge in [-0.15, -0.1) is 11.3 Å². The Labute approximate surface area is 192 Å². The van der Waals surface area contributed by atoms with Gasteiger partial charge in [0.15, 0.2) is 13.0 Å². The maximum atomic E-state index is 12.6. The Kier molecular flexibility index (Phi) is 6.77. The molecule has 0 saturated carbocycles. The van der Waals surface area contributed by atoms with Crippen molar-refractivity contribution in [1.82, 2.24) is 10.2 Å². The first-order valence-corrected chi connectivity index (χ1v) is 11.7. The van der Waals surface area contributed by atoms with Crippen LogP contribution >= 0.6 is 23.1 Å². The van der Waals surface area contributed by atoms with Gasteiger partial charge < -0.3 is 19.7 Å². The van der Waals surface area contributed by atoms with Crippen LogP contribution in [0.25, 0.3) is 0 Å². The first-order chi connectivity index (χ1) is 15.5. The van der Waals surface area contributed by atoms with E-state index in [9.17, 15) is 14.7 Å². The monoisotopic (exact) mass is 474 g/mol. The number of nitrogens with one attached hydrogen (secondary N) is 1. The molecular formula is C21H22N4O5S2. The number of aromatic nitrogens is 2. The number of methoxy groups -OCH3 is 1. The number of rotatable bonds is 7. The summed E-state index contributed by atoms with van der Waals surface area (Å²) in [5.74, 6) is -1.41. The number of benzene rings is 1. The molecule has 3 heterocycles. The smallest absolute Gasteiger partial charge is 0.341 e. The van der Waals surface area contributed by atoms with Crippen LogP contribution in [0.5, 0.6) is 5.95 Å². The van der Waals surface area contributed by atoms with Gasteiger partial charge in [0.2, 0.25) is 5.91 Å². The molecule has 0 radical (unpaired) electrons. The zero-order valence-corrected chi connectivity index (χ0v) is 19.3. The van der Waals surface area contributed by atoms with E-state index in [1.807, 2.05) is 18.2 Å². The van der Waals surface area contributed by atoms with Crippen LogP contribution < -0.4 is 15.1 Å². The number of carbonyl (C=O) groups is 2. The van der Waals surface area contributed by atoms with Crippen LogP contribution in [0, 0.1) is 0 Å². The van der Waals surface area contributed by atoms with Gasteiger partial charge in [0.05, 0.1) is 23.7 Å². The Morgan fingerprint density at radius 2 is 2.16 bits per heavy atom. The van der Waals surface area contributed by atoms with E-state index in [2.05, 4.69) is 32.1 Å². The summed E-state index contributed by atoms with van der Waals surface area (Å²) < 4.78 is 10.8. The van der Waals surface area contributed by atoms with E-state index < -0.39 is 11.9 Å². The van der Waals surface area contributed by atoms with Gasteiger partial charge in [0.25, 0.3) is 5.03 Å². The summed E-state index contributed by atoms with van der Waals surface area (Å²) in [6.45, 7) is 2.32. The summed E-state index contributed by atoms with van der Waals surface area (Å²) in [7, 11) is 2.90. The topological polar surface area (TPSA) is 112 Å². The van der Waals surface area contributed by atoms with Gasteiger partial charge >= 0.3 is 5.97 Å². The van der Waals surface area contributed by atoms with Crippen LogP contribution in [0.3, 0.4) is 0 Å². The third-order valence-corrected chi connectivity index (χ3v) is 7.33. The largest absolute Gasteiger partial charge is 0.538 e. The fourth-order valence-electron chi connectivity index (χ4n) is 3.59. The fraction of sp³-hybridized carbons (Fsp3) is 0.333. The molecule has 0 spiro atoms. The van der Waals surface area contributed by atoms with E-state index in [-0.39, 0.29) is 16.7 Å². The highest BCUT2D eigenvalue weighted by molar-refractivity contribution is 7.99. The van der Waals surface area contributed by atoms with Gasteiger partial charge in [-0.3, -0.25) is 9.69 Å². The minimum Gasteiger partial charge on any atom is -0.538 e. The number of hydrogen-bond donors (Lipinski definition) is 1. The highest BCUT2D eigenvalue weighted by atomic mass is 32.2. The third kappa shape index (κ3) is 4.79. The molecule has 0 atom stereocenters. The molecule has 0 saturated heterocycles. The number of hydrogen-bond acceptors (Lipinski definition) is 9. The summed E-state index contributed by atoms with van der Waals surface area (Å²) in [5.41, 5.74) is 2.58. The van der Waals surface area contributed by atoms with Crippen molar-refractivity contribution in [3.8, 4) is 5.95 Å². The second-order valence-corrected chi connectivity index (χ2v) is 9.34. The average Bonchev–Trinajstić information content (AvgIpc) is 3.30. The quantitative estimate of drug-likeness (QED) is 0.313. The molecule has 32 heavy (non-hydrogen) atoms. The predicted molar refractivity (Wildman–Crippen MR) is 116 cm³/mol. The lowest BCUT2D eigenvalue weighted by Crippen LogP contribution is -2.32. The summed E-state index contributed by atoms with van der Waals surface area (Å²) in [5, 5.41) is 18.7. The second-order valence-electron chi connectivity index (χ2n) is 7.27. The minimum atomic E-state index is -0.592. The van der Waals surface area contributed by atoms with Crippen molar-refractivity contribution in [2.75, 3.05) is 24.7 Å². The summed E-state index contributed by atoms with van der Waals surface area (Å²) >= 11 is 2.42. The van der Waals surface area contributed by atoms with Crippen LogP contribution in [-0.2, 0) is 36.1 Å². The molecule has 1 aliphatic heterocycles. The zero-order chi connectivity index (χ0) is 22.7. The average molecular weight is 475 g/mol. The normalized spacial score (nSPS) is 13.6. The van der Waals surface area contributed by atoms with Gasteiger partial charge in [0.1, 0.15) is 5.00 Å². The van der Waals surface area contributed by atoms with E-state index in [0.717, 1.165) is 35.3 Å². The Hall–Kier alpha value is -2.89. The summed E-state index contributed by atoms with van der Waals surface area (Å²) in [6, 6.07) is 10.2. The van der Waals surface area contributed by atoms with Gasteiger partial charge in [-0.05, 0) is 29.3 Å². The van der Waals surface area contributed by atoms with Crippen LogP contribution in [-0.4, -0.2) is 41.5 Å². The van der Waals surface area contributed by atoms with Crippen LogP contribution in [0.15, 0.2) is 39.9 Å². The first-order valence-electron chi connectivity index (χ1n) is 9.91. The highest BCUT2D eigenvalue weighted by Crippen LogP contribution is 2.38. The van der Waals surface area contributed by atoms with Crippen molar-refractivity contribution in [1.29, 1.82) is 0 Å². The third-order valence-electron chi connectivity index (χ3n) is 5.08. The molecule has 9 nitrogen and oxygen atoms in total. The van der Waals surface area contributed by atoms with Crippen LogP contribution in [0.2, 0.25) is 0 Å². The molecule has 11 heteroatoms. The van der Waals surface area contributed by atoms with E-state index >= 15 is 0 Å². The molecule has 0 unspecified atom stereocenters. The number of amides is 1. The number of nitrogens with zero attached hydrogens (tertiary/aromatic N) is 3. The molecule has 4 rings (SSSR count). The first kappa shape index (κ1) is 22.3. The van der Waals surface area contributed by atoms with Gasteiger partial charge in [0, 0.05) is 24.5 Å². The lowest BCUT2D eigenvalue weighted by atomic mass is 10.0. The van der Waals surface area contributed by atoms with E-state index in [1.165, 1.54) is 28.7 Å². The van der Waals surface area contributed by atoms with Gasteiger partial charge in [-0.1, -0.05) is 35.0 Å². The number of aryl methyl sites for hydroxylation is 1. The van der Waals surface area contributed by atoms with Crippen molar-refractivity contribution < 1.29 is 28.6 Å². The number of esters is 1. The van der Waals surface area contributed by atoms with Crippen molar-refractivity contribution in [2.24, 2.45) is 7.05 Å². The number of anilines is 1. The second kappa shape index (κ2) is 9.72. The molecule has 168 valence electrons. The molecule has 0 aliphatic carbocycles. The lowest BCUT2D eigenvalue weighted by molar-refractivity contribution is -0.772. The van der Waals surface area contributed by atoms with Gasteiger partial charge in [-0.2, -0.15) is 0 Å². The molecule has 2 aromatic heterocycles. The summed E-state index contributed by atoms with van der Waals surface area (Å²) in [4.78, 5) is 28.4. The van der Waals surface area contributed by atoms with E-state index in [1.54, 1.807) is 7.05 Å². The van der Waals surface area contributed by atoms with Crippen LogP contribution in [0.4, 0.5) is 5.00 Å². The summed E-state index contributed by atoms with van der Waals surface area (Å²) in [6.07, 6.45) is 0.698. The Morgan fingerprint density at radius 1 is 1.38 bits per heavy atom. The molecule has 0 fully saturated rings. The van der Waals surface area contributed by atoms with Crippen molar-refractivity contribution in [3.63, 3.8) is 0 Å². The molecule has 1 aromatic carbocycles. The van der Waals surface area contributed by atoms with Crippen molar-refractivity contribution >= 4 is 40.0 Å². The lowest BCUT2D eigenvalue weighted by Gasteiger charge is -2.27. The maximum Gasteiger partial charge on any atom is 0.341 e. The molecule has 3 aromatic rings. The number of thiophene rings is 1. The number of thioether (sulfide) groups is 1.